The second-order valence-electron chi connectivity index (χ2n) is 2.59. The third-order valence-corrected chi connectivity index (χ3v) is 1.71. The molecule has 2 N–H and O–H groups in total. The van der Waals surface area contributed by atoms with Crippen LogP contribution < -0.4 is 5.73 Å². The van der Waals surface area contributed by atoms with E-state index >= 15 is 0 Å². The van der Waals surface area contributed by atoms with Crippen molar-refractivity contribution < 1.29 is 18.1 Å². The summed E-state index contributed by atoms with van der Waals surface area (Å²) in [6.45, 7) is -0.497. The summed E-state index contributed by atoms with van der Waals surface area (Å²) >= 11 is 0. The summed E-state index contributed by atoms with van der Waals surface area (Å²) in [5.41, 5.74) is 2.87. The summed E-state index contributed by atoms with van der Waals surface area (Å²) in [4.78, 5) is 12.3. The Morgan fingerprint density at radius 3 is 2.60 bits per heavy atom. The molecule has 5 nitrogen and oxygen atoms in total. The van der Waals surface area contributed by atoms with Crippen LogP contribution in [0, 0.1) is 16.1 Å². The number of nitro groups is 1. The van der Waals surface area contributed by atoms with Gasteiger partial charge in [0.1, 0.15) is 5.69 Å². The molecule has 0 bridgehead atoms. The summed E-state index contributed by atoms with van der Waals surface area (Å²) < 4.78 is 37.3. The maximum Gasteiger partial charge on any atom is 0.281 e. The lowest BCUT2D eigenvalue weighted by atomic mass is 10.1. The van der Waals surface area contributed by atoms with Gasteiger partial charge in [-0.2, -0.15) is 4.39 Å². The molecule has 0 aliphatic rings. The molecule has 82 valence electrons. The second kappa shape index (κ2) is 4.22. The Morgan fingerprint density at radius 2 is 2.20 bits per heavy atom. The van der Waals surface area contributed by atoms with Crippen LogP contribution in [0.3, 0.4) is 0 Å². The monoisotopic (exact) mass is 221 g/mol. The molecule has 0 fully saturated rings. The first kappa shape index (κ1) is 11.4. The van der Waals surface area contributed by atoms with Crippen molar-refractivity contribution in [3.63, 3.8) is 0 Å². The number of hydrogen-bond acceptors (Lipinski definition) is 4. The quantitative estimate of drug-likeness (QED) is 0.476. The first-order chi connectivity index (χ1) is 6.97. The van der Waals surface area contributed by atoms with Gasteiger partial charge < -0.3 is 5.73 Å². The van der Waals surface area contributed by atoms with E-state index in [1.54, 1.807) is 0 Å². The smallest absolute Gasteiger partial charge is 0.281 e. The molecule has 0 atom stereocenters. The summed E-state index contributed by atoms with van der Waals surface area (Å²) in [6.07, 6.45) is -3.10. The van der Waals surface area contributed by atoms with E-state index in [0.29, 0.717) is 6.07 Å². The molecule has 0 spiro atoms. The molecule has 0 aliphatic carbocycles. The maximum absolute atomic E-state index is 12.7. The van der Waals surface area contributed by atoms with Crippen molar-refractivity contribution in [2.24, 2.45) is 5.73 Å². The van der Waals surface area contributed by atoms with Crippen molar-refractivity contribution >= 4 is 5.69 Å². The fraction of sp³-hybridized carbons (Fsp3) is 0.286. The Morgan fingerprint density at radius 1 is 1.60 bits per heavy atom. The number of aromatic nitrogens is 1. The summed E-state index contributed by atoms with van der Waals surface area (Å²) in [6, 6.07) is 0.466. The highest BCUT2D eigenvalue weighted by atomic mass is 19.3. The number of nitrogens with two attached hydrogens (primary N) is 1. The Bertz CT molecular complexity index is 397. The van der Waals surface area contributed by atoms with Crippen molar-refractivity contribution in [1.82, 2.24) is 4.98 Å². The molecule has 0 unspecified atom stereocenters. The molecule has 0 radical (unpaired) electrons. The standard InChI is InChI=1S/C7H6F3N3O2/c8-5-1-4(13(14)15)3(2-11)6(12-5)7(9)10/h1,7H,2,11H2. The third-order valence-electron chi connectivity index (χ3n) is 1.71. The van der Waals surface area contributed by atoms with Crippen LogP contribution in [-0.2, 0) is 6.54 Å². The SMILES string of the molecule is NCc1c([N+](=O)[O-])cc(F)nc1C(F)F. The zero-order chi connectivity index (χ0) is 11.6. The van der Waals surface area contributed by atoms with Crippen molar-refractivity contribution in [2.75, 3.05) is 0 Å². The van der Waals surface area contributed by atoms with Gasteiger partial charge in [0.2, 0.25) is 5.95 Å². The first-order valence-corrected chi connectivity index (χ1v) is 3.79. The molecule has 8 heteroatoms. The van der Waals surface area contributed by atoms with E-state index in [4.69, 9.17) is 5.73 Å². The van der Waals surface area contributed by atoms with Crippen molar-refractivity contribution in [2.45, 2.75) is 13.0 Å². The van der Waals surface area contributed by atoms with E-state index in [1.807, 2.05) is 0 Å². The second-order valence-corrected chi connectivity index (χ2v) is 2.59. The molecule has 1 rings (SSSR count). The normalized spacial score (nSPS) is 10.7. The van der Waals surface area contributed by atoms with Crippen molar-refractivity contribution in [3.05, 3.63) is 33.4 Å². The van der Waals surface area contributed by atoms with Gasteiger partial charge in [-0.3, -0.25) is 10.1 Å². The molecule has 1 aromatic heterocycles. The molecule has 0 amide bonds. The highest BCUT2D eigenvalue weighted by Crippen LogP contribution is 2.28. The van der Waals surface area contributed by atoms with Gasteiger partial charge in [-0.05, 0) is 0 Å². The number of hydrogen-bond donors (Lipinski definition) is 1. The predicted octanol–water partition coefficient (Wildman–Crippen LogP) is 1.53. The molecule has 0 aliphatic heterocycles. The average molecular weight is 221 g/mol. The Balaban J connectivity index is 3.45. The van der Waals surface area contributed by atoms with Crippen LogP contribution in [0.1, 0.15) is 17.7 Å². The Labute approximate surface area is 81.9 Å². The predicted molar refractivity (Wildman–Crippen MR) is 43.7 cm³/mol. The number of alkyl halides is 2. The molecule has 1 heterocycles. The average Bonchev–Trinajstić information content (AvgIpc) is 2.16. The topological polar surface area (TPSA) is 82.0 Å². The van der Waals surface area contributed by atoms with Gasteiger partial charge in [-0.25, -0.2) is 13.8 Å². The van der Waals surface area contributed by atoms with Crippen LogP contribution in [0.15, 0.2) is 6.07 Å². The first-order valence-electron chi connectivity index (χ1n) is 3.79. The highest BCUT2D eigenvalue weighted by molar-refractivity contribution is 5.42. The lowest BCUT2D eigenvalue weighted by Crippen LogP contribution is -2.09. The molecular weight excluding hydrogens is 215 g/mol. The molecule has 0 saturated heterocycles. The zero-order valence-corrected chi connectivity index (χ0v) is 7.28. The van der Waals surface area contributed by atoms with Crippen LogP contribution in [0.25, 0.3) is 0 Å². The van der Waals surface area contributed by atoms with E-state index in [0.717, 1.165) is 0 Å². The van der Waals surface area contributed by atoms with Gasteiger partial charge in [0, 0.05) is 6.54 Å². The van der Waals surface area contributed by atoms with Gasteiger partial charge in [0.15, 0.2) is 0 Å². The number of nitrogens with zero attached hydrogens (tertiary/aromatic N) is 2. The van der Waals surface area contributed by atoms with Gasteiger partial charge >= 0.3 is 0 Å². The molecule has 0 saturated carbocycles. The van der Waals surface area contributed by atoms with E-state index in [-0.39, 0.29) is 0 Å². The van der Waals surface area contributed by atoms with Gasteiger partial charge in [0.05, 0.1) is 16.6 Å². The minimum absolute atomic E-state index is 0.448. The Hall–Kier alpha value is -1.70. The van der Waals surface area contributed by atoms with E-state index in [2.05, 4.69) is 4.98 Å². The van der Waals surface area contributed by atoms with Crippen LogP contribution in [0.5, 0.6) is 0 Å². The van der Waals surface area contributed by atoms with Crippen molar-refractivity contribution in [1.29, 1.82) is 0 Å². The van der Waals surface area contributed by atoms with E-state index < -0.39 is 40.8 Å². The Kier molecular flexibility index (Phi) is 3.20. The number of pyridine rings is 1. The molecule has 1 aromatic rings. The van der Waals surface area contributed by atoms with Crippen LogP contribution >= 0.6 is 0 Å². The lowest BCUT2D eigenvalue weighted by molar-refractivity contribution is -0.385. The highest BCUT2D eigenvalue weighted by Gasteiger charge is 2.25. The van der Waals surface area contributed by atoms with E-state index in [9.17, 15) is 23.3 Å². The maximum atomic E-state index is 12.7. The summed E-state index contributed by atoms with van der Waals surface area (Å²) in [7, 11) is 0. The van der Waals surface area contributed by atoms with E-state index in [1.165, 1.54) is 0 Å². The van der Waals surface area contributed by atoms with Crippen LogP contribution in [0.2, 0.25) is 0 Å². The summed E-state index contributed by atoms with van der Waals surface area (Å²) in [5, 5.41) is 10.4. The van der Waals surface area contributed by atoms with Crippen molar-refractivity contribution in [3.8, 4) is 0 Å². The summed E-state index contributed by atoms with van der Waals surface area (Å²) in [5.74, 6) is -1.32. The van der Waals surface area contributed by atoms with Crippen LogP contribution in [0.4, 0.5) is 18.9 Å². The number of halogens is 3. The third kappa shape index (κ3) is 2.21. The number of rotatable bonds is 3. The molecular formula is C7H6F3N3O2. The largest absolute Gasteiger partial charge is 0.326 e. The fourth-order valence-corrected chi connectivity index (χ4v) is 1.10. The lowest BCUT2D eigenvalue weighted by Gasteiger charge is -2.06. The fourth-order valence-electron chi connectivity index (χ4n) is 1.10. The minimum atomic E-state index is -3.10. The molecule has 15 heavy (non-hydrogen) atoms. The van der Waals surface area contributed by atoms with Gasteiger partial charge in [-0.1, -0.05) is 0 Å². The molecule has 0 aromatic carbocycles. The van der Waals surface area contributed by atoms with Gasteiger partial charge in [-0.15, -0.1) is 0 Å². The van der Waals surface area contributed by atoms with Gasteiger partial charge in [0.25, 0.3) is 12.1 Å². The van der Waals surface area contributed by atoms with Crippen LogP contribution in [-0.4, -0.2) is 9.91 Å². The zero-order valence-electron chi connectivity index (χ0n) is 7.28. The minimum Gasteiger partial charge on any atom is -0.326 e.